The number of benzene rings is 2. The van der Waals surface area contributed by atoms with E-state index >= 15 is 0 Å². The highest BCUT2D eigenvalue weighted by molar-refractivity contribution is 6.41. The monoisotopic (exact) mass is 1380 g/mol. The number of aromatic nitrogens is 1. The van der Waals surface area contributed by atoms with Crippen LogP contribution >= 0.6 is 0 Å². The molecule has 14 N–H and O–H groups in total. The van der Waals surface area contributed by atoms with Crippen molar-refractivity contribution in [2.45, 2.75) is 239 Å². The predicted octanol–water partition coefficient (Wildman–Crippen LogP) is 4.19. The first-order valence-electron chi connectivity index (χ1n) is 34.3. The maximum absolute atomic E-state index is 15.0. The van der Waals surface area contributed by atoms with Crippen LogP contribution in [0.2, 0.25) is 0 Å². The molecule has 27 nitrogen and oxygen atoms in total. The van der Waals surface area contributed by atoms with Crippen molar-refractivity contribution in [3.8, 4) is 5.75 Å². The number of aromatic hydroxyl groups is 1. The van der Waals surface area contributed by atoms with Gasteiger partial charge in [0.15, 0.2) is 5.78 Å². The Morgan fingerprint density at radius 2 is 1.20 bits per heavy atom. The zero-order valence-electron chi connectivity index (χ0n) is 59.1. The fraction of sp³-hybridized carbons (Fsp3) is 0.583. The van der Waals surface area contributed by atoms with Crippen molar-refractivity contribution in [2.75, 3.05) is 6.54 Å². The third-order valence-corrected chi connectivity index (χ3v) is 17.9. The number of nitrogens with one attached hydrogen (secondary N) is 10. The molecule has 0 bridgehead atoms. The smallest absolute Gasteiger partial charge is 0.303 e. The predicted molar refractivity (Wildman–Crippen MR) is 371 cm³/mol. The highest BCUT2D eigenvalue weighted by Crippen LogP contribution is 2.31. The number of phenolic OH excluding ortho intramolecular Hbond substituents is 1. The van der Waals surface area contributed by atoms with Crippen molar-refractivity contribution >= 4 is 93.2 Å². The number of nitrogens with two attached hydrogens (primary N) is 1. The minimum atomic E-state index is -1.67. The number of primary amides is 1. The van der Waals surface area contributed by atoms with Crippen LogP contribution in [0.25, 0.3) is 10.9 Å². The first-order valence-corrected chi connectivity index (χ1v) is 34.3. The molecule has 2 heterocycles. The van der Waals surface area contributed by atoms with Gasteiger partial charge in [0.05, 0.1) is 23.5 Å². The van der Waals surface area contributed by atoms with Gasteiger partial charge in [-0.2, -0.15) is 0 Å². The number of Topliss-reactive ketones (excluding diaryl/α,β-unsaturated/α-hetero) is 4. The number of H-pyrrole nitrogens is 1. The summed E-state index contributed by atoms with van der Waals surface area (Å²) < 4.78 is 0. The minimum Gasteiger partial charge on any atom is -0.508 e. The molecule has 1 aromatic heterocycles. The van der Waals surface area contributed by atoms with E-state index in [-0.39, 0.29) is 81.8 Å². The second-order valence-electron chi connectivity index (χ2n) is 27.5. The summed E-state index contributed by atoms with van der Waals surface area (Å²) in [7, 11) is 0. The van der Waals surface area contributed by atoms with Crippen LogP contribution < -0.4 is 53.6 Å². The molecule has 27 heteroatoms. The molecule has 3 aromatic rings. The van der Waals surface area contributed by atoms with Crippen molar-refractivity contribution in [1.82, 2.24) is 52.8 Å². The number of carboxylic acids is 1. The summed E-state index contributed by atoms with van der Waals surface area (Å²) in [6.07, 6.45) is 8.82. The Kier molecular flexibility index (Phi) is 32.8. The van der Waals surface area contributed by atoms with Crippen LogP contribution in [-0.4, -0.2) is 158 Å². The van der Waals surface area contributed by atoms with Gasteiger partial charge in [-0.15, -0.1) is 0 Å². The SMILES string of the molecule is CC(=O)C[C@]1(C)CCCCCC/C=C/CCC[C@@](C)(C(=O)NC(C)C(=O)N[C@@H](C)C(=O)NC(C)C(=O)N[C@@H](C)C(=O)C(=O)[C@H](C)NC[C@H](C)C(N)=O)NC(=O)[C@H](CC(C)C)CCC(=O)[C@H](Cc2c[nH]c3ccccc23)NC(=O)C(Cc2ccc(O)cc2)NC(=O)[C@H](CCC(=O)O)NC1=O. The average Bonchev–Trinajstić information content (AvgIpc) is 1.82. The number of aliphatic carboxylic acids is 1. The van der Waals surface area contributed by atoms with Crippen LogP contribution in [0.1, 0.15) is 184 Å². The summed E-state index contributed by atoms with van der Waals surface area (Å²) in [5.74, 6) is -12.2. The Hall–Kier alpha value is -9.14. The van der Waals surface area contributed by atoms with Gasteiger partial charge in [0.25, 0.3) is 0 Å². The Balaban J connectivity index is 1.65. The summed E-state index contributed by atoms with van der Waals surface area (Å²) in [5.41, 5.74) is 4.17. The van der Waals surface area contributed by atoms with E-state index in [2.05, 4.69) is 52.8 Å². The van der Waals surface area contributed by atoms with Gasteiger partial charge in [0.1, 0.15) is 47.3 Å². The van der Waals surface area contributed by atoms with E-state index in [0.29, 0.717) is 43.2 Å². The highest BCUT2D eigenvalue weighted by Gasteiger charge is 2.41. The van der Waals surface area contributed by atoms with Gasteiger partial charge in [0, 0.05) is 67.6 Å². The lowest BCUT2D eigenvalue weighted by atomic mass is 9.79. The molecular formula is C72H105N11O16. The van der Waals surface area contributed by atoms with Crippen LogP contribution in [0.15, 0.2) is 66.9 Å². The summed E-state index contributed by atoms with van der Waals surface area (Å²) in [5, 5.41) is 44.9. The first kappa shape index (κ1) is 82.3. The molecule has 0 saturated carbocycles. The van der Waals surface area contributed by atoms with E-state index in [1.165, 1.54) is 72.7 Å². The Morgan fingerprint density at radius 1 is 0.636 bits per heavy atom. The van der Waals surface area contributed by atoms with E-state index in [0.717, 1.165) is 23.7 Å². The van der Waals surface area contributed by atoms with Crippen molar-refractivity contribution in [2.24, 2.45) is 28.9 Å². The molecule has 0 radical (unpaired) electrons. The standard InChI is InChI=1S/C72H105N11O16/c1-41(2)35-50-27-31-58(86)56(37-51-40-75-54-24-20-19-23-53(51)54)80-68(97)57(36-49-25-28-52(85)29-26-49)81-67(96)55(30-32-59(87)88)82-69(98)71(10,38-43(4)84)33-21-17-15-13-12-14-16-18-22-34-72(11,83-66(50)95)70(99)79-48(9)65(94)78-47(8)64(93)77-46(7)63(92)76-45(6)61(90)60(89)44(5)74-39-42(3)62(73)91/h14,16,19-20,23-26,28-29,40-42,44-48,50,55-57,74-75,85H,12-13,15,17-18,21-22,27,30-39H2,1-11H3,(H2,73,91)(H,76,92)(H,77,93)(H,78,94)(H,79,99)(H,80,97)(H,81,96)(H,82,98)(H,83,95)(H,87,88)/b16-14+/t42-,44-,45-,46?,47-,48?,50-,55-,56-,57?,71-,72-/m0/s1. The van der Waals surface area contributed by atoms with Crippen LogP contribution in [0.4, 0.5) is 0 Å². The van der Waals surface area contributed by atoms with E-state index < -0.39 is 154 Å². The Morgan fingerprint density at radius 3 is 1.81 bits per heavy atom. The molecule has 12 atom stereocenters. The zero-order chi connectivity index (χ0) is 73.9. The number of hydrogen-bond donors (Lipinski definition) is 13. The molecule has 1 aliphatic rings. The number of carbonyl (C=O) groups is 14. The molecule has 0 saturated heterocycles. The van der Waals surface area contributed by atoms with E-state index in [1.807, 2.05) is 50.3 Å². The quantitative estimate of drug-likeness (QED) is 0.0396. The van der Waals surface area contributed by atoms with Crippen LogP contribution in [0.5, 0.6) is 5.75 Å². The van der Waals surface area contributed by atoms with Gasteiger partial charge in [-0.3, -0.25) is 67.1 Å². The van der Waals surface area contributed by atoms with Crippen LogP contribution in [-0.2, 0) is 80.0 Å². The van der Waals surface area contributed by atoms with E-state index in [4.69, 9.17) is 5.73 Å². The van der Waals surface area contributed by atoms with Crippen molar-refractivity contribution in [3.05, 3.63) is 78.0 Å². The van der Waals surface area contributed by atoms with Crippen LogP contribution in [0.3, 0.4) is 0 Å². The lowest BCUT2D eigenvalue weighted by Gasteiger charge is -2.33. The molecule has 0 fully saturated rings. The number of allylic oxidation sites excluding steroid dienone is 2. The molecule has 9 amide bonds. The third-order valence-electron chi connectivity index (χ3n) is 17.9. The third kappa shape index (κ3) is 26.9. The molecule has 0 aliphatic carbocycles. The topological polar surface area (TPSA) is 430 Å². The van der Waals surface area contributed by atoms with E-state index in [1.54, 1.807) is 20.0 Å². The number of ketones is 4. The number of aromatic amines is 1. The van der Waals surface area contributed by atoms with Gasteiger partial charge >= 0.3 is 5.97 Å². The maximum atomic E-state index is 15.0. The largest absolute Gasteiger partial charge is 0.508 e. The van der Waals surface area contributed by atoms with Crippen molar-refractivity contribution < 1.29 is 77.3 Å². The number of fused-ring (bicyclic) bond motifs is 1. The molecular weight excluding hydrogens is 1270 g/mol. The minimum absolute atomic E-state index is 0.0351. The van der Waals surface area contributed by atoms with Crippen molar-refractivity contribution in [3.63, 3.8) is 0 Å². The second kappa shape index (κ2) is 39.5. The number of phenols is 1. The molecule has 4 rings (SSSR count). The second-order valence-corrected chi connectivity index (χ2v) is 27.5. The number of hydrogen-bond acceptors (Lipinski definition) is 16. The van der Waals surface area contributed by atoms with Crippen molar-refractivity contribution in [1.29, 1.82) is 0 Å². The first-order chi connectivity index (χ1) is 46.5. The molecule has 3 unspecified atom stereocenters. The normalized spacial score (nSPS) is 22.9. The van der Waals surface area contributed by atoms with Crippen LogP contribution in [0, 0.1) is 23.2 Å². The number of carbonyl (C=O) groups excluding carboxylic acids is 13. The Bertz CT molecular complexity index is 3380. The summed E-state index contributed by atoms with van der Waals surface area (Å²) in [4.78, 5) is 194. The van der Waals surface area contributed by atoms with Gasteiger partial charge in [-0.05, 0) is 141 Å². The zero-order valence-corrected chi connectivity index (χ0v) is 59.1. The molecule has 99 heavy (non-hydrogen) atoms. The van der Waals surface area contributed by atoms with Gasteiger partial charge in [-0.1, -0.05) is 89.4 Å². The summed E-state index contributed by atoms with van der Waals surface area (Å²) in [6.45, 7) is 16.6. The van der Waals surface area contributed by atoms with Gasteiger partial charge in [0.2, 0.25) is 64.7 Å². The average molecular weight is 1380 g/mol. The van der Waals surface area contributed by atoms with E-state index in [9.17, 15) is 77.3 Å². The molecule has 0 spiro atoms. The number of carboxylic acid groups (broad SMARTS) is 1. The van der Waals surface area contributed by atoms with Gasteiger partial charge in [-0.25, -0.2) is 0 Å². The number of amides is 9. The molecule has 2 aromatic carbocycles. The molecule has 1 aliphatic heterocycles. The number of para-hydroxylation sites is 1. The lowest BCUT2D eigenvalue weighted by Crippen LogP contribution is -2.61. The summed E-state index contributed by atoms with van der Waals surface area (Å²) in [6, 6.07) is 2.78. The molecule has 544 valence electrons. The fourth-order valence-corrected chi connectivity index (χ4v) is 11.7. The lowest BCUT2D eigenvalue weighted by molar-refractivity contribution is -0.140. The Labute approximate surface area is 579 Å². The maximum Gasteiger partial charge on any atom is 0.303 e. The summed E-state index contributed by atoms with van der Waals surface area (Å²) >= 11 is 0. The highest BCUT2D eigenvalue weighted by atomic mass is 16.4. The number of rotatable bonds is 26. The fourth-order valence-electron chi connectivity index (χ4n) is 11.7. The van der Waals surface area contributed by atoms with Gasteiger partial charge < -0.3 is 68.8 Å².